The number of carbonyl (C=O) groups excluding carboxylic acids is 1. The van der Waals surface area contributed by atoms with Crippen molar-refractivity contribution in [2.24, 2.45) is 0 Å². The SMILES string of the molecule is CCOc1ccc(-n2nnnc2SCC(=O)c2ccc(Cl)cc2)cc1. The molecular weight excluding hydrogens is 360 g/mol. The van der Waals surface area contributed by atoms with E-state index in [9.17, 15) is 4.79 Å². The van der Waals surface area contributed by atoms with Crippen molar-refractivity contribution in [2.45, 2.75) is 12.1 Å². The van der Waals surface area contributed by atoms with Gasteiger partial charge in [0.2, 0.25) is 5.16 Å². The number of ketones is 1. The Morgan fingerprint density at radius 3 is 2.56 bits per heavy atom. The monoisotopic (exact) mass is 374 g/mol. The first-order valence-electron chi connectivity index (χ1n) is 7.60. The lowest BCUT2D eigenvalue weighted by atomic mass is 10.1. The number of thioether (sulfide) groups is 1. The third-order valence-corrected chi connectivity index (χ3v) is 4.50. The van der Waals surface area contributed by atoms with Crippen LogP contribution in [0.3, 0.4) is 0 Å². The molecule has 3 rings (SSSR count). The molecule has 128 valence electrons. The number of Topliss-reactive ketones (excluding diaryl/α,β-unsaturated/α-hetero) is 1. The van der Waals surface area contributed by atoms with Crippen LogP contribution in [0.4, 0.5) is 0 Å². The number of rotatable bonds is 7. The molecule has 0 saturated carbocycles. The third kappa shape index (κ3) is 4.37. The Balaban J connectivity index is 1.69. The van der Waals surface area contributed by atoms with Crippen LogP contribution in [0, 0.1) is 0 Å². The van der Waals surface area contributed by atoms with Gasteiger partial charge in [-0.2, -0.15) is 4.68 Å². The fraction of sp³-hybridized carbons (Fsp3) is 0.176. The summed E-state index contributed by atoms with van der Waals surface area (Å²) in [4.78, 5) is 12.3. The molecule has 1 heterocycles. The summed E-state index contributed by atoms with van der Waals surface area (Å²) in [5.74, 6) is 1.01. The van der Waals surface area contributed by atoms with Gasteiger partial charge in [-0.3, -0.25) is 4.79 Å². The van der Waals surface area contributed by atoms with Gasteiger partial charge in [-0.05, 0) is 65.9 Å². The van der Waals surface area contributed by atoms with Crippen molar-refractivity contribution in [3.05, 3.63) is 59.1 Å². The summed E-state index contributed by atoms with van der Waals surface area (Å²) < 4.78 is 7.02. The van der Waals surface area contributed by atoms with Crippen molar-refractivity contribution in [1.29, 1.82) is 0 Å². The highest BCUT2D eigenvalue weighted by molar-refractivity contribution is 7.99. The van der Waals surface area contributed by atoms with Gasteiger partial charge in [-0.1, -0.05) is 23.4 Å². The first-order valence-corrected chi connectivity index (χ1v) is 8.97. The molecule has 0 amide bonds. The lowest BCUT2D eigenvalue weighted by Gasteiger charge is -2.06. The van der Waals surface area contributed by atoms with E-state index in [2.05, 4.69) is 15.5 Å². The maximum atomic E-state index is 12.3. The molecule has 6 nitrogen and oxygen atoms in total. The Hall–Kier alpha value is -2.38. The van der Waals surface area contributed by atoms with Gasteiger partial charge in [0.1, 0.15) is 5.75 Å². The van der Waals surface area contributed by atoms with E-state index in [4.69, 9.17) is 16.3 Å². The smallest absolute Gasteiger partial charge is 0.214 e. The van der Waals surface area contributed by atoms with Crippen LogP contribution < -0.4 is 4.74 Å². The van der Waals surface area contributed by atoms with E-state index >= 15 is 0 Å². The molecule has 0 fully saturated rings. The predicted octanol–water partition coefficient (Wildman–Crippen LogP) is 3.69. The largest absolute Gasteiger partial charge is 0.494 e. The van der Waals surface area contributed by atoms with Crippen LogP contribution in [0.15, 0.2) is 53.7 Å². The van der Waals surface area contributed by atoms with Crippen molar-refractivity contribution in [2.75, 3.05) is 12.4 Å². The Labute approximate surface area is 154 Å². The average Bonchev–Trinajstić information content (AvgIpc) is 3.10. The third-order valence-electron chi connectivity index (χ3n) is 3.33. The number of tetrazole rings is 1. The van der Waals surface area contributed by atoms with E-state index in [-0.39, 0.29) is 11.5 Å². The fourth-order valence-electron chi connectivity index (χ4n) is 2.13. The molecular formula is C17H15ClN4O2S. The standard InChI is InChI=1S/C17H15ClN4O2S/c1-2-24-15-9-7-14(8-10-15)22-17(19-20-21-22)25-11-16(23)12-3-5-13(18)6-4-12/h3-10H,2,11H2,1H3. The van der Waals surface area contributed by atoms with E-state index < -0.39 is 0 Å². The lowest BCUT2D eigenvalue weighted by molar-refractivity contribution is 0.102. The second kappa shape index (κ2) is 8.13. The molecule has 0 spiro atoms. The predicted molar refractivity (Wildman–Crippen MR) is 96.8 cm³/mol. The number of halogens is 1. The van der Waals surface area contributed by atoms with E-state index in [1.807, 2.05) is 31.2 Å². The van der Waals surface area contributed by atoms with Crippen LogP contribution in [0.1, 0.15) is 17.3 Å². The van der Waals surface area contributed by atoms with Gasteiger partial charge in [0.05, 0.1) is 18.0 Å². The summed E-state index contributed by atoms with van der Waals surface area (Å²) in [5, 5.41) is 12.8. The molecule has 0 unspecified atom stereocenters. The Kier molecular flexibility index (Phi) is 5.67. The summed E-state index contributed by atoms with van der Waals surface area (Å²) >= 11 is 7.12. The number of hydrogen-bond donors (Lipinski definition) is 0. The number of ether oxygens (including phenoxy) is 1. The fourth-order valence-corrected chi connectivity index (χ4v) is 3.04. The van der Waals surface area contributed by atoms with Crippen LogP contribution in [0.5, 0.6) is 5.75 Å². The second-order valence-electron chi connectivity index (χ2n) is 5.02. The number of nitrogens with zero attached hydrogens (tertiary/aromatic N) is 4. The highest BCUT2D eigenvalue weighted by Gasteiger charge is 2.13. The normalized spacial score (nSPS) is 10.6. The van der Waals surface area contributed by atoms with E-state index in [0.717, 1.165) is 11.4 Å². The van der Waals surface area contributed by atoms with Crippen molar-refractivity contribution in [1.82, 2.24) is 20.2 Å². The molecule has 3 aromatic rings. The average molecular weight is 375 g/mol. The molecule has 0 aliphatic carbocycles. The number of hydrogen-bond acceptors (Lipinski definition) is 6. The van der Waals surface area contributed by atoms with Gasteiger partial charge in [0.25, 0.3) is 0 Å². The molecule has 8 heteroatoms. The Bertz CT molecular complexity index is 850. The highest BCUT2D eigenvalue weighted by Crippen LogP contribution is 2.21. The van der Waals surface area contributed by atoms with Crippen LogP contribution in [-0.2, 0) is 0 Å². The summed E-state index contributed by atoms with van der Waals surface area (Å²) in [6.45, 7) is 2.54. The molecule has 0 N–H and O–H groups in total. The molecule has 1 aromatic heterocycles. The van der Waals surface area contributed by atoms with E-state index in [1.165, 1.54) is 11.8 Å². The van der Waals surface area contributed by atoms with Crippen molar-refractivity contribution < 1.29 is 9.53 Å². The first kappa shape index (κ1) is 17.4. The van der Waals surface area contributed by atoms with Crippen LogP contribution in [0.2, 0.25) is 5.02 Å². The number of carbonyl (C=O) groups is 1. The Morgan fingerprint density at radius 1 is 1.16 bits per heavy atom. The lowest BCUT2D eigenvalue weighted by Crippen LogP contribution is -2.05. The highest BCUT2D eigenvalue weighted by atomic mass is 35.5. The zero-order chi connectivity index (χ0) is 17.6. The zero-order valence-corrected chi connectivity index (χ0v) is 15.0. The van der Waals surface area contributed by atoms with Crippen LogP contribution >= 0.6 is 23.4 Å². The molecule has 25 heavy (non-hydrogen) atoms. The van der Waals surface area contributed by atoms with Crippen LogP contribution in [-0.4, -0.2) is 38.4 Å². The summed E-state index contributed by atoms with van der Waals surface area (Å²) in [6.07, 6.45) is 0. The second-order valence-corrected chi connectivity index (χ2v) is 6.40. The Morgan fingerprint density at radius 2 is 1.88 bits per heavy atom. The van der Waals surface area contributed by atoms with Gasteiger partial charge < -0.3 is 4.74 Å². The molecule has 0 aliphatic heterocycles. The van der Waals surface area contributed by atoms with Crippen molar-refractivity contribution >= 4 is 29.1 Å². The van der Waals surface area contributed by atoms with Gasteiger partial charge in [0.15, 0.2) is 5.78 Å². The minimum atomic E-state index is -0.0112. The van der Waals surface area contributed by atoms with Crippen LogP contribution in [0.25, 0.3) is 5.69 Å². The van der Waals surface area contributed by atoms with Gasteiger partial charge >= 0.3 is 0 Å². The summed E-state index contributed by atoms with van der Waals surface area (Å²) in [6, 6.07) is 14.3. The first-order chi connectivity index (χ1) is 12.2. The van der Waals surface area contributed by atoms with Gasteiger partial charge in [0, 0.05) is 10.6 Å². The topological polar surface area (TPSA) is 69.9 Å². The molecule has 0 bridgehead atoms. The van der Waals surface area contributed by atoms with E-state index in [1.54, 1.807) is 28.9 Å². The van der Waals surface area contributed by atoms with Gasteiger partial charge in [-0.25, -0.2) is 0 Å². The van der Waals surface area contributed by atoms with E-state index in [0.29, 0.717) is 22.3 Å². The van der Waals surface area contributed by atoms with Crippen molar-refractivity contribution in [3.8, 4) is 11.4 Å². The molecule has 0 radical (unpaired) electrons. The molecule has 0 atom stereocenters. The minimum Gasteiger partial charge on any atom is -0.494 e. The molecule has 0 aliphatic rings. The summed E-state index contributed by atoms with van der Waals surface area (Å²) in [5.41, 5.74) is 1.41. The number of aromatic nitrogens is 4. The van der Waals surface area contributed by atoms with Crippen molar-refractivity contribution in [3.63, 3.8) is 0 Å². The maximum absolute atomic E-state index is 12.3. The zero-order valence-electron chi connectivity index (χ0n) is 13.4. The number of benzene rings is 2. The molecule has 0 saturated heterocycles. The van der Waals surface area contributed by atoms with Gasteiger partial charge in [-0.15, -0.1) is 5.10 Å². The maximum Gasteiger partial charge on any atom is 0.214 e. The molecule has 2 aromatic carbocycles. The summed E-state index contributed by atoms with van der Waals surface area (Å²) in [7, 11) is 0. The minimum absolute atomic E-state index is 0.0112. The quantitative estimate of drug-likeness (QED) is 0.464.